The molecule has 4 rings (SSSR count). The second-order valence-electron chi connectivity index (χ2n) is 6.88. The minimum atomic E-state index is -0.0867. The lowest BCUT2D eigenvalue weighted by Crippen LogP contribution is -2.24. The van der Waals surface area contributed by atoms with Crippen LogP contribution in [-0.2, 0) is 13.1 Å². The van der Waals surface area contributed by atoms with Gasteiger partial charge in [-0.1, -0.05) is 59.6 Å². The maximum absolute atomic E-state index is 13.3. The van der Waals surface area contributed by atoms with Crippen molar-refractivity contribution >= 4 is 22.5 Å². The zero-order valence-corrected chi connectivity index (χ0v) is 16.3. The highest BCUT2D eigenvalue weighted by molar-refractivity contribution is 6.31. The first kappa shape index (κ1) is 18.4. The van der Waals surface area contributed by atoms with E-state index in [0.29, 0.717) is 34.8 Å². The molecule has 3 aromatic carbocycles. The Hall–Kier alpha value is -2.95. The predicted molar refractivity (Wildman–Crippen MR) is 115 cm³/mol. The van der Waals surface area contributed by atoms with E-state index in [1.807, 2.05) is 55.5 Å². The summed E-state index contributed by atoms with van der Waals surface area (Å²) in [6.07, 6.45) is 0. The summed E-state index contributed by atoms with van der Waals surface area (Å²) in [4.78, 5) is 18.1. The Labute approximate surface area is 168 Å². The maximum atomic E-state index is 13.3. The van der Waals surface area contributed by atoms with Crippen molar-refractivity contribution in [3.63, 3.8) is 0 Å². The number of rotatable bonds is 4. The Morgan fingerprint density at radius 3 is 2.57 bits per heavy atom. The van der Waals surface area contributed by atoms with E-state index in [1.54, 1.807) is 22.8 Å². The fraction of sp³-hybridized carbons (Fsp3) is 0.130. The van der Waals surface area contributed by atoms with Crippen molar-refractivity contribution in [2.45, 2.75) is 20.0 Å². The van der Waals surface area contributed by atoms with Gasteiger partial charge in [0.25, 0.3) is 5.56 Å². The second kappa shape index (κ2) is 7.58. The highest BCUT2D eigenvalue weighted by Gasteiger charge is 2.14. The number of hydrogen-bond acceptors (Lipinski definition) is 3. The lowest BCUT2D eigenvalue weighted by atomic mass is 10.1. The quantitative estimate of drug-likeness (QED) is 0.557. The van der Waals surface area contributed by atoms with Crippen LogP contribution in [0.3, 0.4) is 0 Å². The number of aryl methyl sites for hydroxylation is 1. The number of fused-ring (bicyclic) bond motifs is 1. The van der Waals surface area contributed by atoms with Gasteiger partial charge in [-0.3, -0.25) is 9.36 Å². The van der Waals surface area contributed by atoms with Crippen LogP contribution in [0.25, 0.3) is 22.3 Å². The van der Waals surface area contributed by atoms with Crippen molar-refractivity contribution in [1.82, 2.24) is 9.55 Å². The topological polar surface area (TPSA) is 60.9 Å². The second-order valence-corrected chi connectivity index (χ2v) is 7.32. The number of halogens is 1. The molecule has 1 heterocycles. The zero-order valence-electron chi connectivity index (χ0n) is 15.5. The van der Waals surface area contributed by atoms with Crippen molar-refractivity contribution in [2.24, 2.45) is 5.73 Å². The molecule has 0 saturated carbocycles. The molecule has 1 aromatic heterocycles. The molecule has 0 spiro atoms. The molecule has 28 heavy (non-hydrogen) atoms. The van der Waals surface area contributed by atoms with Crippen LogP contribution in [0.2, 0.25) is 5.02 Å². The average Bonchev–Trinajstić information content (AvgIpc) is 2.70. The molecule has 0 fully saturated rings. The molecule has 140 valence electrons. The van der Waals surface area contributed by atoms with Gasteiger partial charge in [-0.15, -0.1) is 0 Å². The Morgan fingerprint density at radius 2 is 1.79 bits per heavy atom. The molecule has 0 amide bonds. The van der Waals surface area contributed by atoms with Crippen LogP contribution in [0.15, 0.2) is 71.5 Å². The maximum Gasteiger partial charge on any atom is 0.261 e. The normalized spacial score (nSPS) is 11.1. The summed E-state index contributed by atoms with van der Waals surface area (Å²) in [5.41, 5.74) is 10.3. The first-order chi connectivity index (χ1) is 13.5. The minimum Gasteiger partial charge on any atom is -0.326 e. The summed E-state index contributed by atoms with van der Waals surface area (Å²) >= 11 is 6.14. The third-order valence-electron chi connectivity index (χ3n) is 4.76. The molecular weight excluding hydrogens is 370 g/mol. The van der Waals surface area contributed by atoms with E-state index >= 15 is 0 Å². The fourth-order valence-corrected chi connectivity index (χ4v) is 3.55. The summed E-state index contributed by atoms with van der Waals surface area (Å²) in [6.45, 7) is 2.90. The first-order valence-corrected chi connectivity index (χ1v) is 9.48. The predicted octanol–water partition coefficient (Wildman–Crippen LogP) is 4.53. The van der Waals surface area contributed by atoms with E-state index in [4.69, 9.17) is 22.3 Å². The van der Waals surface area contributed by atoms with Gasteiger partial charge in [-0.05, 0) is 42.3 Å². The third kappa shape index (κ3) is 3.57. The largest absolute Gasteiger partial charge is 0.326 e. The van der Waals surface area contributed by atoms with Gasteiger partial charge in [0, 0.05) is 17.1 Å². The summed E-state index contributed by atoms with van der Waals surface area (Å²) < 4.78 is 1.72. The van der Waals surface area contributed by atoms with E-state index in [1.165, 1.54) is 0 Å². The highest BCUT2D eigenvalue weighted by atomic mass is 35.5. The molecule has 0 aliphatic carbocycles. The summed E-state index contributed by atoms with van der Waals surface area (Å²) in [6, 6.07) is 21.2. The van der Waals surface area contributed by atoms with E-state index in [9.17, 15) is 4.79 Å². The SMILES string of the molecule is Cc1cccc(-c2nc3cc(Cl)ccc3c(=O)n2Cc2cccc(CN)c2)c1. The van der Waals surface area contributed by atoms with Crippen LogP contribution in [0.5, 0.6) is 0 Å². The summed E-state index contributed by atoms with van der Waals surface area (Å²) in [5.74, 6) is 0.626. The molecule has 0 bridgehead atoms. The number of nitrogens with zero attached hydrogens (tertiary/aromatic N) is 2. The fourth-order valence-electron chi connectivity index (χ4n) is 3.38. The van der Waals surface area contributed by atoms with Crippen LogP contribution in [0, 0.1) is 6.92 Å². The molecule has 4 nitrogen and oxygen atoms in total. The van der Waals surface area contributed by atoms with Crippen molar-refractivity contribution in [2.75, 3.05) is 0 Å². The van der Waals surface area contributed by atoms with Gasteiger partial charge >= 0.3 is 0 Å². The van der Waals surface area contributed by atoms with Crippen LogP contribution < -0.4 is 11.3 Å². The number of benzene rings is 3. The van der Waals surface area contributed by atoms with Gasteiger partial charge in [-0.25, -0.2) is 4.98 Å². The number of nitrogens with two attached hydrogens (primary N) is 1. The Kier molecular flexibility index (Phi) is 4.99. The molecule has 2 N–H and O–H groups in total. The number of hydrogen-bond donors (Lipinski definition) is 1. The molecule has 4 aromatic rings. The molecular formula is C23H20ClN3O. The van der Waals surface area contributed by atoms with E-state index < -0.39 is 0 Å². The molecule has 0 radical (unpaired) electrons. The molecule has 5 heteroatoms. The molecule has 0 unspecified atom stereocenters. The average molecular weight is 390 g/mol. The molecule has 0 saturated heterocycles. The Morgan fingerprint density at radius 1 is 1.00 bits per heavy atom. The van der Waals surface area contributed by atoms with Crippen LogP contribution in [-0.4, -0.2) is 9.55 Å². The monoisotopic (exact) mass is 389 g/mol. The van der Waals surface area contributed by atoms with Crippen LogP contribution >= 0.6 is 11.6 Å². The van der Waals surface area contributed by atoms with Crippen LogP contribution in [0.1, 0.15) is 16.7 Å². The lowest BCUT2D eigenvalue weighted by Gasteiger charge is -2.15. The zero-order chi connectivity index (χ0) is 19.7. The van der Waals surface area contributed by atoms with Gasteiger partial charge < -0.3 is 5.73 Å². The van der Waals surface area contributed by atoms with Gasteiger partial charge in [-0.2, -0.15) is 0 Å². The van der Waals surface area contributed by atoms with Crippen molar-refractivity contribution in [3.8, 4) is 11.4 Å². The Balaban J connectivity index is 1.96. The van der Waals surface area contributed by atoms with Gasteiger partial charge in [0.05, 0.1) is 17.4 Å². The third-order valence-corrected chi connectivity index (χ3v) is 5.00. The van der Waals surface area contributed by atoms with Crippen LogP contribution in [0.4, 0.5) is 0 Å². The van der Waals surface area contributed by atoms with Crippen molar-refractivity contribution < 1.29 is 0 Å². The smallest absolute Gasteiger partial charge is 0.261 e. The van der Waals surface area contributed by atoms with E-state index in [2.05, 4.69) is 0 Å². The van der Waals surface area contributed by atoms with Crippen molar-refractivity contribution in [1.29, 1.82) is 0 Å². The summed E-state index contributed by atoms with van der Waals surface area (Å²) in [7, 11) is 0. The summed E-state index contributed by atoms with van der Waals surface area (Å²) in [5, 5.41) is 1.11. The van der Waals surface area contributed by atoms with Gasteiger partial charge in [0.15, 0.2) is 0 Å². The molecule has 0 aliphatic heterocycles. The van der Waals surface area contributed by atoms with E-state index in [-0.39, 0.29) is 5.56 Å². The molecule has 0 aliphatic rings. The van der Waals surface area contributed by atoms with E-state index in [0.717, 1.165) is 22.3 Å². The lowest BCUT2D eigenvalue weighted by molar-refractivity contribution is 0.758. The standard InChI is InChI=1S/C23H20ClN3O/c1-15-4-2-7-18(10-15)22-26-21-12-19(24)8-9-20(21)23(28)27(22)14-17-6-3-5-16(11-17)13-25/h2-12H,13-14,25H2,1H3. The minimum absolute atomic E-state index is 0.0867. The van der Waals surface area contributed by atoms with Gasteiger partial charge in [0.1, 0.15) is 5.82 Å². The first-order valence-electron chi connectivity index (χ1n) is 9.10. The highest BCUT2D eigenvalue weighted by Crippen LogP contribution is 2.23. The number of aromatic nitrogens is 2. The molecule has 0 atom stereocenters. The Bertz CT molecular complexity index is 1230. The van der Waals surface area contributed by atoms with Gasteiger partial charge in [0.2, 0.25) is 0 Å². The van der Waals surface area contributed by atoms with Crippen molar-refractivity contribution in [3.05, 3.63) is 98.8 Å².